The molecule has 3 rings (SSSR count). The number of hydrogen-bond donors (Lipinski definition) is 2. The van der Waals surface area contributed by atoms with Gasteiger partial charge in [-0.3, -0.25) is 0 Å². The molecule has 0 aliphatic carbocycles. The monoisotopic (exact) mass is 296 g/mol. The largest absolute Gasteiger partial charge is 0.497 e. The highest BCUT2D eigenvalue weighted by molar-refractivity contribution is 6.01. The molecule has 2 N–H and O–H groups in total. The highest BCUT2D eigenvalue weighted by atomic mass is 16.5. The summed E-state index contributed by atoms with van der Waals surface area (Å²) >= 11 is 0. The second-order valence-electron chi connectivity index (χ2n) is 5.10. The maximum absolute atomic E-state index is 10.9. The number of rotatable bonds is 4. The third-order valence-corrected chi connectivity index (χ3v) is 3.74. The van der Waals surface area contributed by atoms with Crippen LogP contribution in [0.25, 0.3) is 0 Å². The molecule has 112 valence electrons. The van der Waals surface area contributed by atoms with E-state index in [9.17, 15) is 4.79 Å². The Bertz CT molecular complexity index is 706. The molecule has 0 saturated heterocycles. The van der Waals surface area contributed by atoms with E-state index in [0.717, 1.165) is 29.0 Å². The van der Waals surface area contributed by atoms with Gasteiger partial charge in [-0.05, 0) is 47.5 Å². The lowest BCUT2D eigenvalue weighted by atomic mass is 9.98. The van der Waals surface area contributed by atoms with Crippen molar-refractivity contribution in [1.29, 1.82) is 0 Å². The van der Waals surface area contributed by atoms with Crippen LogP contribution in [0.3, 0.4) is 0 Å². The van der Waals surface area contributed by atoms with E-state index in [1.807, 2.05) is 36.4 Å². The first-order valence-corrected chi connectivity index (χ1v) is 6.97. The van der Waals surface area contributed by atoms with Crippen molar-refractivity contribution in [2.45, 2.75) is 12.5 Å². The van der Waals surface area contributed by atoms with Gasteiger partial charge in [-0.25, -0.2) is 4.79 Å². The summed E-state index contributed by atoms with van der Waals surface area (Å²) in [5, 5.41) is 13.3. The van der Waals surface area contributed by atoms with Crippen LogP contribution >= 0.6 is 0 Å². The van der Waals surface area contributed by atoms with Crippen molar-refractivity contribution < 1.29 is 14.6 Å². The highest BCUT2D eigenvalue weighted by Gasteiger charge is 2.21. The normalized spacial score (nSPS) is 16.8. The number of benzene rings is 2. The van der Waals surface area contributed by atoms with E-state index in [1.54, 1.807) is 19.2 Å². The van der Waals surface area contributed by atoms with E-state index < -0.39 is 5.97 Å². The lowest BCUT2D eigenvalue weighted by molar-refractivity contribution is 0.0697. The molecule has 22 heavy (non-hydrogen) atoms. The van der Waals surface area contributed by atoms with Crippen LogP contribution in [0.2, 0.25) is 0 Å². The zero-order valence-corrected chi connectivity index (χ0v) is 12.1. The van der Waals surface area contributed by atoms with E-state index in [1.165, 1.54) is 0 Å². The van der Waals surface area contributed by atoms with Gasteiger partial charge in [0, 0.05) is 6.42 Å². The smallest absolute Gasteiger partial charge is 0.335 e. The summed E-state index contributed by atoms with van der Waals surface area (Å²) in [6.45, 7) is 0. The number of carboxylic acid groups (broad SMARTS) is 1. The number of hydrogen-bond acceptors (Lipinski definition) is 4. The number of ether oxygens (including phenoxy) is 1. The topological polar surface area (TPSA) is 70.9 Å². The number of nitrogens with zero attached hydrogens (tertiary/aromatic N) is 1. The minimum Gasteiger partial charge on any atom is -0.497 e. The number of carbonyl (C=O) groups is 1. The van der Waals surface area contributed by atoms with Crippen molar-refractivity contribution in [2.24, 2.45) is 5.10 Å². The summed E-state index contributed by atoms with van der Waals surface area (Å²) in [5.74, 6) is -0.0998. The minimum absolute atomic E-state index is 0.0694. The molecule has 1 atom stereocenters. The van der Waals surface area contributed by atoms with Gasteiger partial charge in [-0.1, -0.05) is 12.1 Å². The minimum atomic E-state index is -0.916. The van der Waals surface area contributed by atoms with Gasteiger partial charge in [-0.15, -0.1) is 0 Å². The summed E-state index contributed by atoms with van der Waals surface area (Å²) in [7, 11) is 1.64. The molecule has 0 spiro atoms. The van der Waals surface area contributed by atoms with Crippen LogP contribution in [0.15, 0.2) is 53.6 Å². The summed E-state index contributed by atoms with van der Waals surface area (Å²) in [5.41, 5.74) is 6.46. The summed E-state index contributed by atoms with van der Waals surface area (Å²) in [6.07, 6.45) is 0.763. The first kappa shape index (κ1) is 14.1. The van der Waals surface area contributed by atoms with Gasteiger partial charge in [0.2, 0.25) is 0 Å². The molecule has 1 aliphatic rings. The Hall–Kier alpha value is -2.82. The molecule has 5 nitrogen and oxygen atoms in total. The molecule has 5 heteroatoms. The lowest BCUT2D eigenvalue weighted by Crippen LogP contribution is -2.10. The van der Waals surface area contributed by atoms with Gasteiger partial charge in [0.1, 0.15) is 5.75 Å². The van der Waals surface area contributed by atoms with Crippen LogP contribution in [0.4, 0.5) is 0 Å². The van der Waals surface area contributed by atoms with Crippen LogP contribution in [0.1, 0.15) is 33.9 Å². The first-order chi connectivity index (χ1) is 10.7. The second kappa shape index (κ2) is 5.89. The van der Waals surface area contributed by atoms with Crippen LogP contribution in [0.5, 0.6) is 5.75 Å². The number of hydrazone groups is 1. The average Bonchev–Trinajstić information content (AvgIpc) is 3.05. The molecule has 0 fully saturated rings. The van der Waals surface area contributed by atoms with Crippen molar-refractivity contribution in [3.05, 3.63) is 65.2 Å². The molecule has 0 amide bonds. The standard InChI is InChI=1S/C17H16N2O3/c1-22-14-8-6-12(7-9-14)16-10-15(18-19-16)11-2-4-13(5-3-11)17(20)21/h2-9,15,18H,10H2,1H3,(H,20,21). The van der Waals surface area contributed by atoms with Gasteiger partial charge >= 0.3 is 5.97 Å². The van der Waals surface area contributed by atoms with Crippen molar-refractivity contribution >= 4 is 11.7 Å². The van der Waals surface area contributed by atoms with Crippen LogP contribution < -0.4 is 10.2 Å². The Morgan fingerprint density at radius 2 is 1.86 bits per heavy atom. The molecule has 2 aromatic rings. The average molecular weight is 296 g/mol. The number of carboxylic acids is 1. The van der Waals surface area contributed by atoms with E-state index in [-0.39, 0.29) is 11.6 Å². The Labute approximate surface area is 128 Å². The number of methoxy groups -OCH3 is 1. The maximum atomic E-state index is 10.9. The summed E-state index contributed by atoms with van der Waals surface area (Å²) in [4.78, 5) is 10.9. The Balaban J connectivity index is 1.71. The molecule has 1 heterocycles. The third kappa shape index (κ3) is 2.79. The van der Waals surface area contributed by atoms with Gasteiger partial charge < -0.3 is 15.3 Å². The quantitative estimate of drug-likeness (QED) is 0.910. The predicted molar refractivity (Wildman–Crippen MR) is 83.4 cm³/mol. The SMILES string of the molecule is COc1ccc(C2=NNC(c3ccc(C(=O)O)cc3)C2)cc1. The molecule has 2 aromatic carbocycles. The fraction of sp³-hybridized carbons (Fsp3) is 0.176. The molecular weight excluding hydrogens is 280 g/mol. The van der Waals surface area contributed by atoms with E-state index in [0.29, 0.717) is 0 Å². The van der Waals surface area contributed by atoms with Crippen molar-refractivity contribution in [2.75, 3.05) is 7.11 Å². The van der Waals surface area contributed by atoms with E-state index >= 15 is 0 Å². The van der Waals surface area contributed by atoms with Crippen molar-refractivity contribution in [3.8, 4) is 5.75 Å². The van der Waals surface area contributed by atoms with E-state index in [2.05, 4.69) is 10.5 Å². The van der Waals surface area contributed by atoms with Gasteiger partial charge in [0.15, 0.2) is 0 Å². The van der Waals surface area contributed by atoms with Gasteiger partial charge in [0.05, 0.1) is 24.4 Å². The fourth-order valence-electron chi connectivity index (χ4n) is 2.46. The molecule has 0 radical (unpaired) electrons. The molecule has 0 aromatic heterocycles. The Kier molecular flexibility index (Phi) is 3.78. The van der Waals surface area contributed by atoms with Crippen LogP contribution in [-0.2, 0) is 0 Å². The van der Waals surface area contributed by atoms with Gasteiger partial charge in [0.25, 0.3) is 0 Å². The third-order valence-electron chi connectivity index (χ3n) is 3.74. The zero-order chi connectivity index (χ0) is 15.5. The Morgan fingerprint density at radius 3 is 2.45 bits per heavy atom. The fourth-order valence-corrected chi connectivity index (χ4v) is 2.46. The number of aromatic carboxylic acids is 1. The molecule has 1 unspecified atom stereocenters. The van der Waals surface area contributed by atoms with Crippen LogP contribution in [0, 0.1) is 0 Å². The summed E-state index contributed by atoms with van der Waals surface area (Å²) in [6, 6.07) is 14.7. The zero-order valence-electron chi connectivity index (χ0n) is 12.1. The Morgan fingerprint density at radius 1 is 1.18 bits per heavy atom. The molecule has 1 aliphatic heterocycles. The lowest BCUT2D eigenvalue weighted by Gasteiger charge is -2.10. The number of nitrogens with one attached hydrogen (secondary N) is 1. The molecule has 0 bridgehead atoms. The predicted octanol–water partition coefficient (Wildman–Crippen LogP) is 2.83. The summed E-state index contributed by atoms with van der Waals surface area (Å²) < 4.78 is 5.15. The van der Waals surface area contributed by atoms with Crippen molar-refractivity contribution in [1.82, 2.24) is 5.43 Å². The van der Waals surface area contributed by atoms with Crippen molar-refractivity contribution in [3.63, 3.8) is 0 Å². The van der Waals surface area contributed by atoms with E-state index in [4.69, 9.17) is 9.84 Å². The van der Waals surface area contributed by atoms with Gasteiger partial charge in [-0.2, -0.15) is 5.10 Å². The first-order valence-electron chi connectivity index (χ1n) is 6.97. The maximum Gasteiger partial charge on any atom is 0.335 e. The molecule has 0 saturated carbocycles. The second-order valence-corrected chi connectivity index (χ2v) is 5.10. The molecular formula is C17H16N2O3. The highest BCUT2D eigenvalue weighted by Crippen LogP contribution is 2.25. The van der Waals surface area contributed by atoms with Crippen LogP contribution in [-0.4, -0.2) is 23.9 Å².